The Labute approximate surface area is 206 Å². The smallest absolute Gasteiger partial charge is 0.307 e. The highest BCUT2D eigenvalue weighted by molar-refractivity contribution is 5.94. The molecule has 0 aliphatic heterocycles. The number of hydrogen-bond donors (Lipinski definition) is 2. The minimum atomic E-state index is -0.562. The molecule has 2 N–H and O–H groups in total. The first kappa shape index (κ1) is 26.5. The van der Waals surface area contributed by atoms with Crippen molar-refractivity contribution in [1.29, 1.82) is 0 Å². The van der Waals surface area contributed by atoms with E-state index in [1.807, 2.05) is 36.7 Å². The number of methoxy groups -OCH3 is 2. The maximum absolute atomic E-state index is 13.2. The SMILES string of the molecule is COc1cccc(OC)c1-c1cc(C(=O)N[C@@H](CCO)CC(=O)OCC(C)C)nn1C1CCCC1. The van der Waals surface area contributed by atoms with Crippen molar-refractivity contribution in [2.45, 2.75) is 64.5 Å². The second-order valence-corrected chi connectivity index (χ2v) is 9.30. The average molecular weight is 488 g/mol. The Morgan fingerprint density at radius 2 is 1.83 bits per heavy atom. The lowest BCUT2D eigenvalue weighted by atomic mass is 10.1. The second kappa shape index (κ2) is 12.6. The van der Waals surface area contributed by atoms with E-state index in [1.165, 1.54) is 0 Å². The molecule has 0 bridgehead atoms. The van der Waals surface area contributed by atoms with Gasteiger partial charge in [-0.15, -0.1) is 0 Å². The summed E-state index contributed by atoms with van der Waals surface area (Å²) in [5.74, 6) is 0.651. The molecule has 192 valence electrons. The van der Waals surface area contributed by atoms with Crippen LogP contribution in [0.4, 0.5) is 0 Å². The Morgan fingerprint density at radius 3 is 2.40 bits per heavy atom. The molecule has 1 aliphatic carbocycles. The Balaban J connectivity index is 1.90. The summed E-state index contributed by atoms with van der Waals surface area (Å²) in [6.45, 7) is 4.06. The second-order valence-electron chi connectivity index (χ2n) is 9.30. The van der Waals surface area contributed by atoms with Crippen molar-refractivity contribution < 1.29 is 28.9 Å². The van der Waals surface area contributed by atoms with Gasteiger partial charge in [0.05, 0.1) is 44.5 Å². The van der Waals surface area contributed by atoms with Gasteiger partial charge in [0.25, 0.3) is 5.91 Å². The number of nitrogens with one attached hydrogen (secondary N) is 1. The van der Waals surface area contributed by atoms with Gasteiger partial charge < -0.3 is 24.6 Å². The van der Waals surface area contributed by atoms with Crippen molar-refractivity contribution in [3.8, 4) is 22.8 Å². The third kappa shape index (κ3) is 6.75. The first-order chi connectivity index (χ1) is 16.9. The summed E-state index contributed by atoms with van der Waals surface area (Å²) in [5.41, 5.74) is 1.71. The van der Waals surface area contributed by atoms with Crippen molar-refractivity contribution >= 4 is 11.9 Å². The fourth-order valence-corrected chi connectivity index (χ4v) is 4.38. The Morgan fingerprint density at radius 1 is 1.17 bits per heavy atom. The number of aliphatic hydroxyl groups excluding tert-OH is 1. The molecule has 3 rings (SSSR count). The van der Waals surface area contributed by atoms with Gasteiger partial charge >= 0.3 is 5.97 Å². The Kier molecular flexibility index (Phi) is 9.54. The number of hydrogen-bond acceptors (Lipinski definition) is 7. The zero-order valence-electron chi connectivity index (χ0n) is 21.1. The van der Waals surface area contributed by atoms with Crippen molar-refractivity contribution in [3.05, 3.63) is 30.0 Å². The number of amides is 1. The molecular weight excluding hydrogens is 450 g/mol. The lowest BCUT2D eigenvalue weighted by Crippen LogP contribution is -2.38. The van der Waals surface area contributed by atoms with Crippen LogP contribution in [0.5, 0.6) is 11.5 Å². The molecule has 1 amide bonds. The van der Waals surface area contributed by atoms with Gasteiger partial charge in [0, 0.05) is 12.6 Å². The van der Waals surface area contributed by atoms with Crippen LogP contribution in [-0.2, 0) is 9.53 Å². The number of nitrogens with zero attached hydrogens (tertiary/aromatic N) is 2. The number of rotatable bonds is 12. The molecule has 9 nitrogen and oxygen atoms in total. The summed E-state index contributed by atoms with van der Waals surface area (Å²) in [4.78, 5) is 25.4. The predicted molar refractivity (Wildman–Crippen MR) is 132 cm³/mol. The largest absolute Gasteiger partial charge is 0.496 e. The maximum Gasteiger partial charge on any atom is 0.307 e. The van der Waals surface area contributed by atoms with Gasteiger partial charge in [-0.05, 0) is 43.4 Å². The van der Waals surface area contributed by atoms with Crippen LogP contribution >= 0.6 is 0 Å². The molecule has 1 fully saturated rings. The van der Waals surface area contributed by atoms with E-state index < -0.39 is 17.9 Å². The van der Waals surface area contributed by atoms with Crippen LogP contribution in [0.15, 0.2) is 24.3 Å². The molecule has 1 heterocycles. The molecule has 1 saturated carbocycles. The first-order valence-corrected chi connectivity index (χ1v) is 12.3. The topological polar surface area (TPSA) is 112 Å². The molecule has 1 aliphatic rings. The normalized spacial score (nSPS) is 14.7. The van der Waals surface area contributed by atoms with Gasteiger partial charge in [-0.1, -0.05) is 32.8 Å². The number of benzene rings is 1. The Hall–Kier alpha value is -3.07. The van der Waals surface area contributed by atoms with Crippen LogP contribution in [0.2, 0.25) is 0 Å². The van der Waals surface area contributed by atoms with Crippen LogP contribution < -0.4 is 14.8 Å². The molecule has 1 aromatic carbocycles. The van der Waals surface area contributed by atoms with Crippen LogP contribution in [0.25, 0.3) is 11.3 Å². The molecule has 0 spiro atoms. The fraction of sp³-hybridized carbons (Fsp3) is 0.577. The van der Waals surface area contributed by atoms with Crippen molar-refractivity contribution in [2.24, 2.45) is 5.92 Å². The number of ether oxygens (including phenoxy) is 3. The van der Waals surface area contributed by atoms with E-state index in [1.54, 1.807) is 20.3 Å². The summed E-state index contributed by atoms with van der Waals surface area (Å²) >= 11 is 0. The lowest BCUT2D eigenvalue weighted by molar-refractivity contribution is -0.145. The number of carbonyl (C=O) groups excluding carboxylic acids is 2. The van der Waals surface area contributed by atoms with Crippen molar-refractivity contribution in [3.63, 3.8) is 0 Å². The van der Waals surface area contributed by atoms with Gasteiger partial charge in [0.2, 0.25) is 0 Å². The quantitative estimate of drug-likeness (QED) is 0.439. The molecule has 2 aromatic rings. The zero-order valence-corrected chi connectivity index (χ0v) is 21.1. The molecule has 0 unspecified atom stereocenters. The van der Waals surface area contributed by atoms with Gasteiger partial charge in [-0.3, -0.25) is 14.3 Å². The monoisotopic (exact) mass is 487 g/mol. The zero-order chi connectivity index (χ0) is 25.4. The van der Waals surface area contributed by atoms with E-state index in [0.29, 0.717) is 18.1 Å². The van der Waals surface area contributed by atoms with E-state index >= 15 is 0 Å². The van der Waals surface area contributed by atoms with E-state index in [2.05, 4.69) is 10.4 Å². The van der Waals surface area contributed by atoms with Gasteiger partial charge in [0.15, 0.2) is 5.69 Å². The highest BCUT2D eigenvalue weighted by Gasteiger charge is 2.28. The molecular formula is C26H37N3O6. The third-order valence-corrected chi connectivity index (χ3v) is 6.13. The predicted octanol–water partition coefficient (Wildman–Crippen LogP) is 3.75. The molecule has 35 heavy (non-hydrogen) atoms. The fourth-order valence-electron chi connectivity index (χ4n) is 4.38. The van der Waals surface area contributed by atoms with Crippen LogP contribution in [0.3, 0.4) is 0 Å². The minimum Gasteiger partial charge on any atom is -0.496 e. The average Bonchev–Trinajstić information content (AvgIpc) is 3.52. The van der Waals surface area contributed by atoms with Crippen LogP contribution in [0.1, 0.15) is 68.9 Å². The van der Waals surface area contributed by atoms with Crippen molar-refractivity contribution in [1.82, 2.24) is 15.1 Å². The van der Waals surface area contributed by atoms with E-state index in [0.717, 1.165) is 36.9 Å². The Bertz CT molecular complexity index is 975. The number of aliphatic hydroxyl groups is 1. The summed E-state index contributed by atoms with van der Waals surface area (Å²) < 4.78 is 18.4. The molecule has 0 saturated heterocycles. The molecule has 1 aromatic heterocycles. The number of aromatic nitrogens is 2. The highest BCUT2D eigenvalue weighted by atomic mass is 16.5. The van der Waals surface area contributed by atoms with Gasteiger partial charge in [0.1, 0.15) is 11.5 Å². The number of carbonyl (C=O) groups is 2. The van der Waals surface area contributed by atoms with Crippen molar-refractivity contribution in [2.75, 3.05) is 27.4 Å². The summed E-state index contributed by atoms with van der Waals surface area (Å²) in [6.07, 6.45) is 4.37. The van der Waals surface area contributed by atoms with Gasteiger partial charge in [-0.25, -0.2) is 0 Å². The summed E-state index contributed by atoms with van der Waals surface area (Å²) in [7, 11) is 3.19. The van der Waals surface area contributed by atoms with E-state index in [9.17, 15) is 14.7 Å². The number of esters is 1. The van der Waals surface area contributed by atoms with Crippen LogP contribution in [0, 0.1) is 5.92 Å². The van der Waals surface area contributed by atoms with E-state index in [-0.39, 0.29) is 37.1 Å². The molecule has 1 atom stereocenters. The third-order valence-electron chi connectivity index (χ3n) is 6.13. The lowest BCUT2D eigenvalue weighted by Gasteiger charge is -2.18. The molecule has 9 heteroatoms. The summed E-state index contributed by atoms with van der Waals surface area (Å²) in [5, 5.41) is 17.0. The first-order valence-electron chi connectivity index (χ1n) is 12.3. The van der Waals surface area contributed by atoms with Gasteiger partial charge in [-0.2, -0.15) is 5.10 Å². The van der Waals surface area contributed by atoms with E-state index in [4.69, 9.17) is 14.2 Å². The minimum absolute atomic E-state index is 0.0183. The summed E-state index contributed by atoms with van der Waals surface area (Å²) in [6, 6.07) is 6.89. The highest BCUT2D eigenvalue weighted by Crippen LogP contribution is 2.41. The maximum atomic E-state index is 13.2. The standard InChI is InChI=1S/C26H37N3O6/c1-17(2)16-35-24(31)14-18(12-13-30)27-26(32)20-15-21(29(28-20)19-8-5-6-9-19)25-22(33-3)10-7-11-23(25)34-4/h7,10-11,15,17-19,30H,5-6,8-9,12-14,16H2,1-4H3,(H,27,32)/t18-/m0/s1. The van der Waals surface area contributed by atoms with Crippen LogP contribution in [-0.4, -0.2) is 60.2 Å². The molecule has 0 radical (unpaired) electrons.